The summed E-state index contributed by atoms with van der Waals surface area (Å²) in [5.74, 6) is 1.54. The molecule has 1 saturated heterocycles. The van der Waals surface area contributed by atoms with Crippen molar-refractivity contribution in [1.29, 1.82) is 0 Å². The van der Waals surface area contributed by atoms with Crippen molar-refractivity contribution in [2.75, 3.05) is 37.0 Å². The molecule has 1 aliphatic heterocycles. The zero-order valence-electron chi connectivity index (χ0n) is 15.6. The van der Waals surface area contributed by atoms with Crippen molar-refractivity contribution < 1.29 is 4.74 Å². The summed E-state index contributed by atoms with van der Waals surface area (Å²) in [6.45, 7) is 8.57. The molecule has 1 unspecified atom stereocenters. The minimum Gasteiger partial charge on any atom is -0.377 e. The van der Waals surface area contributed by atoms with Crippen LogP contribution in [0.5, 0.6) is 0 Å². The van der Waals surface area contributed by atoms with Gasteiger partial charge in [-0.05, 0) is 38.5 Å². The maximum atomic E-state index is 5.56. The van der Waals surface area contributed by atoms with Gasteiger partial charge in [0, 0.05) is 36.3 Å². The van der Waals surface area contributed by atoms with Gasteiger partial charge in [0.1, 0.15) is 5.82 Å². The molecule has 0 radical (unpaired) electrons. The van der Waals surface area contributed by atoms with Gasteiger partial charge in [-0.1, -0.05) is 0 Å². The van der Waals surface area contributed by atoms with Crippen LogP contribution in [0.1, 0.15) is 18.2 Å². The molecule has 3 aromatic rings. The molecule has 26 heavy (non-hydrogen) atoms. The molecule has 1 atom stereocenters. The van der Waals surface area contributed by atoms with Crippen LogP contribution in [0.3, 0.4) is 0 Å². The number of aromatic nitrogens is 4. The van der Waals surface area contributed by atoms with E-state index >= 15 is 0 Å². The van der Waals surface area contributed by atoms with Crippen LogP contribution in [0, 0.1) is 13.8 Å². The first-order chi connectivity index (χ1) is 12.6. The molecule has 1 aliphatic rings. The summed E-state index contributed by atoms with van der Waals surface area (Å²) in [5.41, 5.74) is 5.18. The van der Waals surface area contributed by atoms with E-state index < -0.39 is 0 Å². The van der Waals surface area contributed by atoms with Gasteiger partial charge in [-0.3, -0.25) is 5.10 Å². The standard InChI is InChI=1S/C19H24N6O/c1-11-7-14(8-16-18(11)13(3)23-24-16)15-9-17(22-19(20-4)21-15)25-5-6-26-10-12(25)2/h7-9,12H,5-6,10H2,1-4H3,(H,23,24)(H,20,21,22). The Labute approximate surface area is 152 Å². The Morgan fingerprint density at radius 2 is 2.08 bits per heavy atom. The fourth-order valence-electron chi connectivity index (χ4n) is 3.60. The van der Waals surface area contributed by atoms with Gasteiger partial charge in [-0.2, -0.15) is 10.1 Å². The Hall–Kier alpha value is -2.67. The van der Waals surface area contributed by atoms with Crippen molar-refractivity contribution in [3.63, 3.8) is 0 Å². The predicted octanol–water partition coefficient (Wildman–Crippen LogP) is 2.90. The number of morpholine rings is 1. The number of aromatic amines is 1. The molecule has 0 spiro atoms. The highest BCUT2D eigenvalue weighted by Gasteiger charge is 2.22. The van der Waals surface area contributed by atoms with E-state index in [1.165, 1.54) is 10.9 Å². The van der Waals surface area contributed by atoms with Crippen LogP contribution in [0.15, 0.2) is 18.2 Å². The van der Waals surface area contributed by atoms with E-state index in [2.05, 4.69) is 62.4 Å². The van der Waals surface area contributed by atoms with Crippen LogP contribution in [-0.2, 0) is 4.74 Å². The van der Waals surface area contributed by atoms with Crippen molar-refractivity contribution in [2.24, 2.45) is 0 Å². The molecule has 2 N–H and O–H groups in total. The Morgan fingerprint density at radius 3 is 2.85 bits per heavy atom. The normalized spacial score (nSPS) is 17.7. The summed E-state index contributed by atoms with van der Waals surface area (Å²) < 4.78 is 5.56. The number of fused-ring (bicyclic) bond motifs is 1. The topological polar surface area (TPSA) is 79.0 Å². The summed E-state index contributed by atoms with van der Waals surface area (Å²) in [7, 11) is 1.84. The van der Waals surface area contributed by atoms with Crippen LogP contribution < -0.4 is 10.2 Å². The van der Waals surface area contributed by atoms with Crippen LogP contribution >= 0.6 is 0 Å². The van der Waals surface area contributed by atoms with Gasteiger partial charge in [0.15, 0.2) is 0 Å². The van der Waals surface area contributed by atoms with Crippen molar-refractivity contribution in [1.82, 2.24) is 20.2 Å². The number of benzene rings is 1. The molecule has 0 bridgehead atoms. The van der Waals surface area contributed by atoms with Crippen molar-refractivity contribution >= 4 is 22.7 Å². The zero-order valence-corrected chi connectivity index (χ0v) is 15.6. The number of aryl methyl sites for hydroxylation is 2. The number of nitrogens with one attached hydrogen (secondary N) is 2. The Balaban J connectivity index is 1.82. The lowest BCUT2D eigenvalue weighted by Gasteiger charge is -2.34. The molecule has 0 saturated carbocycles. The molecule has 136 valence electrons. The first-order valence-corrected chi connectivity index (χ1v) is 8.93. The fraction of sp³-hybridized carbons (Fsp3) is 0.421. The van der Waals surface area contributed by atoms with E-state index in [-0.39, 0.29) is 6.04 Å². The maximum Gasteiger partial charge on any atom is 0.224 e. The molecular formula is C19H24N6O. The summed E-state index contributed by atoms with van der Waals surface area (Å²) in [6.07, 6.45) is 0. The molecule has 7 heteroatoms. The lowest BCUT2D eigenvalue weighted by Crippen LogP contribution is -2.44. The maximum absolute atomic E-state index is 5.56. The molecule has 3 heterocycles. The van der Waals surface area contributed by atoms with E-state index in [1.807, 2.05) is 14.0 Å². The molecule has 2 aromatic heterocycles. The summed E-state index contributed by atoms with van der Waals surface area (Å²) in [6, 6.07) is 6.59. The first kappa shape index (κ1) is 16.8. The highest BCUT2D eigenvalue weighted by atomic mass is 16.5. The minimum atomic E-state index is 0.286. The third kappa shape index (κ3) is 2.88. The number of anilines is 2. The number of rotatable bonds is 3. The van der Waals surface area contributed by atoms with E-state index in [0.717, 1.165) is 41.4 Å². The largest absolute Gasteiger partial charge is 0.377 e. The van der Waals surface area contributed by atoms with Gasteiger partial charge in [0.2, 0.25) is 5.95 Å². The summed E-state index contributed by atoms with van der Waals surface area (Å²) in [5, 5.41) is 11.8. The van der Waals surface area contributed by atoms with E-state index in [1.54, 1.807) is 0 Å². The Kier molecular flexibility index (Phi) is 4.24. The summed E-state index contributed by atoms with van der Waals surface area (Å²) in [4.78, 5) is 11.6. The number of ether oxygens (including phenoxy) is 1. The number of nitrogens with zero attached hydrogens (tertiary/aromatic N) is 4. The van der Waals surface area contributed by atoms with E-state index in [4.69, 9.17) is 4.74 Å². The van der Waals surface area contributed by atoms with Crippen LogP contribution in [0.2, 0.25) is 0 Å². The van der Waals surface area contributed by atoms with Crippen molar-refractivity contribution in [3.05, 3.63) is 29.5 Å². The highest BCUT2D eigenvalue weighted by molar-refractivity contribution is 5.89. The van der Waals surface area contributed by atoms with Gasteiger partial charge in [0.05, 0.1) is 30.5 Å². The van der Waals surface area contributed by atoms with Crippen LogP contribution in [-0.4, -0.2) is 53.0 Å². The highest BCUT2D eigenvalue weighted by Crippen LogP contribution is 2.30. The van der Waals surface area contributed by atoms with E-state index in [9.17, 15) is 0 Å². The first-order valence-electron chi connectivity index (χ1n) is 8.93. The monoisotopic (exact) mass is 352 g/mol. The van der Waals surface area contributed by atoms with Crippen molar-refractivity contribution in [2.45, 2.75) is 26.8 Å². The molecule has 4 rings (SSSR count). The fourth-order valence-corrected chi connectivity index (χ4v) is 3.60. The Morgan fingerprint density at radius 1 is 1.23 bits per heavy atom. The molecule has 1 fully saturated rings. The number of hydrogen-bond acceptors (Lipinski definition) is 6. The number of H-pyrrole nitrogens is 1. The molecule has 1 aromatic carbocycles. The predicted molar refractivity (Wildman–Crippen MR) is 104 cm³/mol. The van der Waals surface area contributed by atoms with Gasteiger partial charge < -0.3 is 15.0 Å². The minimum absolute atomic E-state index is 0.286. The second kappa shape index (κ2) is 6.57. The lowest BCUT2D eigenvalue weighted by atomic mass is 10.0. The molecule has 7 nitrogen and oxygen atoms in total. The van der Waals surface area contributed by atoms with Gasteiger partial charge in [0.25, 0.3) is 0 Å². The SMILES string of the molecule is CNc1nc(-c2cc(C)c3c(C)[nH]nc3c2)cc(N2CCOCC2C)n1. The number of hydrogen-bond donors (Lipinski definition) is 2. The Bertz CT molecular complexity index is 951. The zero-order chi connectivity index (χ0) is 18.3. The lowest BCUT2D eigenvalue weighted by molar-refractivity contribution is 0.0985. The summed E-state index contributed by atoms with van der Waals surface area (Å²) >= 11 is 0. The van der Waals surface area contributed by atoms with Gasteiger partial charge in [-0.25, -0.2) is 4.98 Å². The second-order valence-electron chi connectivity index (χ2n) is 6.84. The third-order valence-electron chi connectivity index (χ3n) is 4.93. The molecule has 0 aliphatic carbocycles. The second-order valence-corrected chi connectivity index (χ2v) is 6.84. The average molecular weight is 352 g/mol. The van der Waals surface area contributed by atoms with E-state index in [0.29, 0.717) is 12.6 Å². The van der Waals surface area contributed by atoms with Crippen molar-refractivity contribution in [3.8, 4) is 11.3 Å². The smallest absolute Gasteiger partial charge is 0.224 e. The van der Waals surface area contributed by atoms with Gasteiger partial charge in [-0.15, -0.1) is 0 Å². The molecule has 0 amide bonds. The van der Waals surface area contributed by atoms with Crippen LogP contribution in [0.4, 0.5) is 11.8 Å². The van der Waals surface area contributed by atoms with Gasteiger partial charge >= 0.3 is 0 Å². The quantitative estimate of drug-likeness (QED) is 0.755. The van der Waals surface area contributed by atoms with Crippen LogP contribution in [0.25, 0.3) is 22.2 Å². The third-order valence-corrected chi connectivity index (χ3v) is 4.93. The average Bonchev–Trinajstić information content (AvgIpc) is 3.03. The molecular weight excluding hydrogens is 328 g/mol.